The second-order valence-electron chi connectivity index (χ2n) is 3.50. The van der Waals surface area contributed by atoms with Gasteiger partial charge in [0.2, 0.25) is 0 Å². The van der Waals surface area contributed by atoms with E-state index < -0.39 is 5.82 Å². The minimum Gasteiger partial charge on any atom is -0.497 e. The van der Waals surface area contributed by atoms with Crippen LogP contribution in [0.4, 0.5) is 15.8 Å². The highest BCUT2D eigenvalue weighted by molar-refractivity contribution is 5.66. The van der Waals surface area contributed by atoms with Gasteiger partial charge in [-0.25, -0.2) is 4.39 Å². The maximum atomic E-state index is 13.6. The molecule has 0 atom stereocenters. The van der Waals surface area contributed by atoms with Crippen LogP contribution in [0.3, 0.4) is 0 Å². The lowest BCUT2D eigenvalue weighted by atomic mass is 10.2. The van der Waals surface area contributed by atoms with Crippen molar-refractivity contribution in [2.24, 2.45) is 0 Å². The first-order valence-corrected chi connectivity index (χ1v) is 5.19. The minimum atomic E-state index is -0.427. The van der Waals surface area contributed by atoms with E-state index in [1.165, 1.54) is 37.7 Å². The van der Waals surface area contributed by atoms with E-state index in [0.29, 0.717) is 17.0 Å². The van der Waals surface area contributed by atoms with Crippen LogP contribution in [0.5, 0.6) is 5.75 Å². The number of ether oxygens (including phenoxy) is 1. The lowest BCUT2D eigenvalue weighted by molar-refractivity contribution is 0.414. The van der Waals surface area contributed by atoms with Crippen LogP contribution in [0, 0.1) is 17.1 Å². The van der Waals surface area contributed by atoms with Gasteiger partial charge in [-0.2, -0.15) is 5.26 Å². The molecule has 0 saturated carbocycles. The molecule has 0 unspecified atom stereocenters. The van der Waals surface area contributed by atoms with Crippen molar-refractivity contribution in [1.82, 2.24) is 4.98 Å². The third-order valence-corrected chi connectivity index (χ3v) is 2.38. The summed E-state index contributed by atoms with van der Waals surface area (Å²) < 4.78 is 18.6. The van der Waals surface area contributed by atoms with Crippen LogP contribution in [-0.2, 0) is 0 Å². The Bertz CT molecular complexity index is 607. The molecule has 0 saturated heterocycles. The molecular weight excluding hydrogens is 233 g/mol. The molecule has 4 nitrogen and oxygen atoms in total. The van der Waals surface area contributed by atoms with Crippen LogP contribution in [0.2, 0.25) is 0 Å². The predicted molar refractivity (Wildman–Crippen MR) is 65.2 cm³/mol. The molecular formula is C13H10FN3O. The van der Waals surface area contributed by atoms with Crippen LogP contribution < -0.4 is 10.1 Å². The van der Waals surface area contributed by atoms with Gasteiger partial charge in [0.25, 0.3) is 0 Å². The molecule has 1 aromatic carbocycles. The van der Waals surface area contributed by atoms with E-state index in [-0.39, 0.29) is 5.69 Å². The molecule has 0 bridgehead atoms. The van der Waals surface area contributed by atoms with E-state index in [0.717, 1.165) is 0 Å². The zero-order valence-corrected chi connectivity index (χ0v) is 9.64. The Morgan fingerprint density at radius 1 is 1.33 bits per heavy atom. The third kappa shape index (κ3) is 2.38. The van der Waals surface area contributed by atoms with E-state index in [4.69, 9.17) is 10.00 Å². The number of methoxy groups -OCH3 is 1. The molecule has 1 aromatic heterocycles. The average molecular weight is 243 g/mol. The summed E-state index contributed by atoms with van der Waals surface area (Å²) in [6, 6.07) is 7.90. The van der Waals surface area contributed by atoms with Gasteiger partial charge in [-0.3, -0.25) is 4.98 Å². The Hall–Kier alpha value is -2.61. The van der Waals surface area contributed by atoms with Crippen molar-refractivity contribution in [1.29, 1.82) is 5.26 Å². The summed E-state index contributed by atoms with van der Waals surface area (Å²) in [5.74, 6) is 0.102. The first-order valence-electron chi connectivity index (χ1n) is 5.19. The molecule has 5 heteroatoms. The monoisotopic (exact) mass is 243 g/mol. The molecule has 18 heavy (non-hydrogen) atoms. The van der Waals surface area contributed by atoms with E-state index in [2.05, 4.69) is 10.3 Å². The summed E-state index contributed by atoms with van der Waals surface area (Å²) in [5, 5.41) is 11.8. The SMILES string of the molecule is COc1ccc(F)c(Nc2cnccc2C#N)c1. The Balaban J connectivity index is 2.37. The number of halogens is 1. The molecule has 2 rings (SSSR count). The van der Waals surface area contributed by atoms with Gasteiger partial charge < -0.3 is 10.1 Å². The van der Waals surface area contributed by atoms with Gasteiger partial charge in [0.15, 0.2) is 0 Å². The fraction of sp³-hybridized carbons (Fsp3) is 0.0769. The number of nitrogens with zero attached hydrogens (tertiary/aromatic N) is 2. The van der Waals surface area contributed by atoms with Crippen molar-refractivity contribution in [2.75, 3.05) is 12.4 Å². The second-order valence-corrected chi connectivity index (χ2v) is 3.50. The maximum absolute atomic E-state index is 13.6. The Kier molecular flexibility index (Phi) is 3.39. The van der Waals surface area contributed by atoms with Crippen LogP contribution >= 0.6 is 0 Å². The second kappa shape index (κ2) is 5.15. The van der Waals surface area contributed by atoms with E-state index in [9.17, 15) is 4.39 Å². The lowest BCUT2D eigenvalue weighted by Gasteiger charge is -2.09. The number of benzene rings is 1. The molecule has 0 amide bonds. The van der Waals surface area contributed by atoms with E-state index in [1.807, 2.05) is 6.07 Å². The average Bonchev–Trinajstić information content (AvgIpc) is 2.42. The van der Waals surface area contributed by atoms with Gasteiger partial charge in [0.1, 0.15) is 17.6 Å². The molecule has 1 heterocycles. The standard InChI is InChI=1S/C13H10FN3O/c1-18-10-2-3-11(14)12(6-10)17-13-8-16-5-4-9(13)7-15/h2-6,8,17H,1H3. The molecule has 0 radical (unpaired) electrons. The quantitative estimate of drug-likeness (QED) is 0.900. The van der Waals surface area contributed by atoms with Crippen molar-refractivity contribution >= 4 is 11.4 Å². The van der Waals surface area contributed by atoms with Gasteiger partial charge >= 0.3 is 0 Å². The van der Waals surface area contributed by atoms with Crippen molar-refractivity contribution in [3.8, 4) is 11.8 Å². The highest BCUT2D eigenvalue weighted by Crippen LogP contribution is 2.25. The molecule has 2 aromatic rings. The smallest absolute Gasteiger partial charge is 0.146 e. The number of aromatic nitrogens is 1. The van der Waals surface area contributed by atoms with E-state index >= 15 is 0 Å². The number of nitriles is 1. The lowest BCUT2D eigenvalue weighted by Crippen LogP contribution is -1.97. The number of rotatable bonds is 3. The number of pyridine rings is 1. The van der Waals surface area contributed by atoms with Crippen LogP contribution in [0.1, 0.15) is 5.56 Å². The summed E-state index contributed by atoms with van der Waals surface area (Å²) in [4.78, 5) is 3.89. The zero-order chi connectivity index (χ0) is 13.0. The molecule has 0 aliphatic heterocycles. The number of nitrogens with one attached hydrogen (secondary N) is 1. The van der Waals surface area contributed by atoms with Gasteiger partial charge in [-0.05, 0) is 18.2 Å². The van der Waals surface area contributed by atoms with Crippen molar-refractivity contribution < 1.29 is 9.13 Å². The Morgan fingerprint density at radius 2 is 2.17 bits per heavy atom. The molecule has 90 valence electrons. The molecule has 0 aliphatic carbocycles. The molecule has 0 fully saturated rings. The molecule has 0 spiro atoms. The summed E-state index contributed by atoms with van der Waals surface area (Å²) in [6.07, 6.45) is 2.98. The summed E-state index contributed by atoms with van der Waals surface area (Å²) in [6.45, 7) is 0. The zero-order valence-electron chi connectivity index (χ0n) is 9.64. The number of anilines is 2. The number of hydrogen-bond acceptors (Lipinski definition) is 4. The fourth-order valence-electron chi connectivity index (χ4n) is 1.46. The maximum Gasteiger partial charge on any atom is 0.146 e. The first-order chi connectivity index (χ1) is 8.74. The minimum absolute atomic E-state index is 0.235. The Morgan fingerprint density at radius 3 is 2.89 bits per heavy atom. The van der Waals surface area contributed by atoms with Crippen LogP contribution in [0.15, 0.2) is 36.7 Å². The fourth-order valence-corrected chi connectivity index (χ4v) is 1.46. The molecule has 0 aliphatic rings. The molecule has 1 N–H and O–H groups in total. The predicted octanol–water partition coefficient (Wildman–Crippen LogP) is 2.84. The van der Waals surface area contributed by atoms with Gasteiger partial charge in [-0.1, -0.05) is 0 Å². The largest absolute Gasteiger partial charge is 0.497 e. The third-order valence-electron chi connectivity index (χ3n) is 2.38. The van der Waals surface area contributed by atoms with Gasteiger partial charge in [0.05, 0.1) is 30.2 Å². The van der Waals surface area contributed by atoms with Crippen LogP contribution in [-0.4, -0.2) is 12.1 Å². The van der Waals surface area contributed by atoms with Crippen molar-refractivity contribution in [2.45, 2.75) is 0 Å². The van der Waals surface area contributed by atoms with Crippen LogP contribution in [0.25, 0.3) is 0 Å². The highest BCUT2D eigenvalue weighted by atomic mass is 19.1. The highest BCUT2D eigenvalue weighted by Gasteiger charge is 2.07. The number of hydrogen-bond donors (Lipinski definition) is 1. The first kappa shape index (κ1) is 11.9. The summed E-state index contributed by atoms with van der Waals surface area (Å²) in [7, 11) is 1.50. The Labute approximate surface area is 104 Å². The van der Waals surface area contributed by atoms with Crippen molar-refractivity contribution in [3.05, 3.63) is 48.0 Å². The van der Waals surface area contributed by atoms with Gasteiger partial charge in [-0.15, -0.1) is 0 Å². The summed E-state index contributed by atoms with van der Waals surface area (Å²) in [5.41, 5.74) is 1.08. The normalized spacial score (nSPS) is 9.61. The topological polar surface area (TPSA) is 57.9 Å². The van der Waals surface area contributed by atoms with E-state index in [1.54, 1.807) is 6.07 Å². The van der Waals surface area contributed by atoms with Crippen molar-refractivity contribution in [3.63, 3.8) is 0 Å². The summed E-state index contributed by atoms with van der Waals surface area (Å²) >= 11 is 0. The van der Waals surface area contributed by atoms with Gasteiger partial charge in [0, 0.05) is 12.3 Å².